The van der Waals surface area contributed by atoms with E-state index in [4.69, 9.17) is 0 Å². The Morgan fingerprint density at radius 2 is 1.57 bits per heavy atom. The molecule has 0 unspecified atom stereocenters. The van der Waals surface area contributed by atoms with Crippen molar-refractivity contribution in [2.75, 3.05) is 52.4 Å². The molecule has 2 heterocycles. The predicted molar refractivity (Wildman–Crippen MR) is 115 cm³/mol. The first-order valence-electron chi connectivity index (χ1n) is 11.0. The van der Waals surface area contributed by atoms with Crippen molar-refractivity contribution in [3.63, 3.8) is 0 Å². The van der Waals surface area contributed by atoms with Crippen LogP contribution >= 0.6 is 0 Å². The van der Waals surface area contributed by atoms with Gasteiger partial charge in [0.25, 0.3) is 0 Å². The number of benzene rings is 2. The maximum atomic E-state index is 14.5. The van der Waals surface area contributed by atoms with Crippen molar-refractivity contribution in [1.29, 1.82) is 0 Å². The summed E-state index contributed by atoms with van der Waals surface area (Å²) in [6.45, 7) is 7.35. The highest BCUT2D eigenvalue weighted by Gasteiger charge is 2.37. The molecule has 0 bridgehead atoms. The molecule has 2 atom stereocenters. The number of rotatable bonds is 5. The first-order valence-corrected chi connectivity index (χ1v) is 11.0. The summed E-state index contributed by atoms with van der Waals surface area (Å²) in [6.07, 6.45) is 0.939. The second kappa shape index (κ2) is 8.36. The molecule has 30 heavy (non-hydrogen) atoms. The average Bonchev–Trinajstić information content (AvgIpc) is 3.37. The monoisotopic (exact) mass is 408 g/mol. The third kappa shape index (κ3) is 3.70. The molecule has 1 N–H and O–H groups in total. The van der Waals surface area contributed by atoms with Gasteiger partial charge >= 0.3 is 6.03 Å². The molecule has 2 aliphatic heterocycles. The maximum Gasteiger partial charge on any atom is 0.317 e. The zero-order valence-corrected chi connectivity index (χ0v) is 17.3. The standard InChI is InChI=1S/C24H29FN4O/c25-22-8-4-3-6-19(22)21-17-23(20-7-2-1-5-18(20)21)28-14-11-27(12-15-28)13-16-29-10-9-26-24(29)30/h1-8,21,23H,9-17H2,(H,26,30)/t21-,23-/m1/s1. The van der Waals surface area contributed by atoms with Crippen molar-refractivity contribution in [3.8, 4) is 0 Å². The number of fused-ring (bicyclic) bond motifs is 1. The van der Waals surface area contributed by atoms with E-state index in [1.54, 1.807) is 12.1 Å². The molecular formula is C24H29FN4O. The molecule has 0 saturated carbocycles. The van der Waals surface area contributed by atoms with E-state index in [1.165, 1.54) is 11.1 Å². The van der Waals surface area contributed by atoms with Crippen LogP contribution < -0.4 is 5.32 Å². The van der Waals surface area contributed by atoms with Crippen LogP contribution in [0.4, 0.5) is 9.18 Å². The van der Waals surface area contributed by atoms with E-state index in [-0.39, 0.29) is 17.8 Å². The van der Waals surface area contributed by atoms with Gasteiger partial charge in [0.15, 0.2) is 0 Å². The van der Waals surface area contributed by atoms with E-state index in [0.717, 1.165) is 64.3 Å². The van der Waals surface area contributed by atoms with Crippen LogP contribution in [0.5, 0.6) is 0 Å². The summed E-state index contributed by atoms with van der Waals surface area (Å²) in [6, 6.07) is 16.2. The number of amides is 2. The van der Waals surface area contributed by atoms with Gasteiger partial charge in [-0.2, -0.15) is 0 Å². The zero-order chi connectivity index (χ0) is 20.5. The number of carbonyl (C=O) groups excluding carboxylic acids is 1. The lowest BCUT2D eigenvalue weighted by Gasteiger charge is -2.39. The third-order valence-electron chi connectivity index (χ3n) is 6.95. The Labute approximate surface area is 177 Å². The third-order valence-corrected chi connectivity index (χ3v) is 6.95. The van der Waals surface area contributed by atoms with Crippen molar-refractivity contribution < 1.29 is 9.18 Å². The van der Waals surface area contributed by atoms with E-state index in [2.05, 4.69) is 39.4 Å². The van der Waals surface area contributed by atoms with Crippen LogP contribution in [-0.2, 0) is 0 Å². The number of piperazine rings is 1. The summed E-state index contributed by atoms with van der Waals surface area (Å²) in [7, 11) is 0. The molecule has 5 nitrogen and oxygen atoms in total. The van der Waals surface area contributed by atoms with Gasteiger partial charge < -0.3 is 10.2 Å². The molecule has 0 spiro atoms. The SMILES string of the molecule is O=C1NCCN1CCN1CCN([C@@H]2C[C@@H](c3ccccc3F)c3ccccc32)CC1. The summed E-state index contributed by atoms with van der Waals surface area (Å²) >= 11 is 0. The smallest absolute Gasteiger partial charge is 0.317 e. The van der Waals surface area contributed by atoms with Gasteiger partial charge in [-0.3, -0.25) is 9.80 Å². The number of nitrogens with zero attached hydrogens (tertiary/aromatic N) is 3. The Hall–Kier alpha value is -2.44. The fourth-order valence-corrected chi connectivity index (χ4v) is 5.29. The Morgan fingerprint density at radius 3 is 2.27 bits per heavy atom. The van der Waals surface area contributed by atoms with Gasteiger partial charge in [0.1, 0.15) is 5.82 Å². The fraction of sp³-hybridized carbons (Fsp3) is 0.458. The molecular weight excluding hydrogens is 379 g/mol. The molecule has 1 aliphatic carbocycles. The minimum atomic E-state index is -0.103. The van der Waals surface area contributed by atoms with Crippen LogP contribution in [0.2, 0.25) is 0 Å². The number of halogens is 1. The van der Waals surface area contributed by atoms with Crippen LogP contribution in [0, 0.1) is 5.82 Å². The molecule has 2 saturated heterocycles. The number of hydrogen-bond acceptors (Lipinski definition) is 3. The van der Waals surface area contributed by atoms with E-state index >= 15 is 0 Å². The highest BCUT2D eigenvalue weighted by molar-refractivity contribution is 5.76. The highest BCUT2D eigenvalue weighted by atomic mass is 19.1. The molecule has 2 aromatic carbocycles. The number of urea groups is 1. The Kier molecular flexibility index (Phi) is 5.44. The predicted octanol–water partition coefficient (Wildman–Crippen LogP) is 3.05. The number of nitrogens with one attached hydrogen (secondary N) is 1. The Morgan fingerprint density at radius 1 is 0.867 bits per heavy atom. The summed E-state index contributed by atoms with van der Waals surface area (Å²) in [5.74, 6) is 0.0211. The topological polar surface area (TPSA) is 38.8 Å². The zero-order valence-electron chi connectivity index (χ0n) is 17.3. The lowest BCUT2D eigenvalue weighted by atomic mass is 9.92. The summed E-state index contributed by atoms with van der Waals surface area (Å²) < 4.78 is 14.5. The van der Waals surface area contributed by atoms with Crippen LogP contribution in [0.15, 0.2) is 48.5 Å². The Bertz CT molecular complexity index is 912. The minimum absolute atomic E-state index is 0.0652. The second-order valence-electron chi connectivity index (χ2n) is 8.55. The van der Waals surface area contributed by atoms with Gasteiger partial charge in [0.05, 0.1) is 0 Å². The normalized spacial score (nSPS) is 24.8. The minimum Gasteiger partial charge on any atom is -0.336 e. The lowest BCUT2D eigenvalue weighted by Crippen LogP contribution is -2.49. The first kappa shape index (κ1) is 19.5. The van der Waals surface area contributed by atoms with Crippen LogP contribution in [0.1, 0.15) is 35.1 Å². The van der Waals surface area contributed by atoms with E-state index in [1.807, 2.05) is 17.0 Å². The molecule has 6 heteroatoms. The van der Waals surface area contributed by atoms with Crippen molar-refractivity contribution in [1.82, 2.24) is 20.0 Å². The molecule has 3 aliphatic rings. The van der Waals surface area contributed by atoms with E-state index < -0.39 is 0 Å². The fourth-order valence-electron chi connectivity index (χ4n) is 5.29. The molecule has 0 aromatic heterocycles. The molecule has 2 fully saturated rings. The molecule has 2 aromatic rings. The number of carbonyl (C=O) groups is 1. The molecule has 158 valence electrons. The van der Waals surface area contributed by atoms with E-state index in [9.17, 15) is 9.18 Å². The summed E-state index contributed by atoms with van der Waals surface area (Å²) in [5.41, 5.74) is 3.44. The van der Waals surface area contributed by atoms with Gasteiger partial charge in [0.2, 0.25) is 0 Å². The first-order chi connectivity index (χ1) is 14.7. The highest BCUT2D eigenvalue weighted by Crippen LogP contribution is 2.47. The summed E-state index contributed by atoms with van der Waals surface area (Å²) in [4.78, 5) is 18.6. The van der Waals surface area contributed by atoms with Gasteiger partial charge in [-0.1, -0.05) is 42.5 Å². The van der Waals surface area contributed by atoms with Crippen LogP contribution in [-0.4, -0.2) is 73.1 Å². The number of hydrogen-bond donors (Lipinski definition) is 1. The van der Waals surface area contributed by atoms with Crippen molar-refractivity contribution in [3.05, 3.63) is 71.0 Å². The van der Waals surface area contributed by atoms with Gasteiger partial charge in [-0.15, -0.1) is 0 Å². The van der Waals surface area contributed by atoms with Crippen molar-refractivity contribution in [2.24, 2.45) is 0 Å². The van der Waals surface area contributed by atoms with Crippen molar-refractivity contribution in [2.45, 2.75) is 18.4 Å². The Balaban J connectivity index is 1.24. The lowest BCUT2D eigenvalue weighted by molar-refractivity contribution is 0.0904. The van der Waals surface area contributed by atoms with Crippen molar-refractivity contribution >= 4 is 6.03 Å². The van der Waals surface area contributed by atoms with Gasteiger partial charge in [-0.25, -0.2) is 9.18 Å². The van der Waals surface area contributed by atoms with Crippen LogP contribution in [0.25, 0.3) is 0 Å². The van der Waals surface area contributed by atoms with Gasteiger partial charge in [-0.05, 0) is 29.2 Å². The average molecular weight is 409 g/mol. The molecule has 2 amide bonds. The van der Waals surface area contributed by atoms with E-state index in [0.29, 0.717) is 6.04 Å². The maximum absolute atomic E-state index is 14.5. The van der Waals surface area contributed by atoms with Gasteiger partial charge in [0, 0.05) is 64.3 Å². The largest absolute Gasteiger partial charge is 0.336 e. The second-order valence-corrected chi connectivity index (χ2v) is 8.55. The summed E-state index contributed by atoms with van der Waals surface area (Å²) in [5, 5.41) is 2.87. The van der Waals surface area contributed by atoms with Crippen LogP contribution in [0.3, 0.4) is 0 Å². The molecule has 5 rings (SSSR count). The quantitative estimate of drug-likeness (QED) is 0.827. The molecule has 0 radical (unpaired) electrons.